The third kappa shape index (κ3) is 4.48. The Morgan fingerprint density at radius 2 is 2.40 bits per heavy atom. The van der Waals surface area contributed by atoms with Crippen molar-refractivity contribution in [3.8, 4) is 0 Å². The van der Waals surface area contributed by atoms with Gasteiger partial charge in [-0.2, -0.15) is 0 Å². The van der Waals surface area contributed by atoms with Crippen LogP contribution in [0.1, 0.15) is 13.3 Å². The van der Waals surface area contributed by atoms with Crippen molar-refractivity contribution in [3.05, 3.63) is 0 Å². The second-order valence-electron chi connectivity index (χ2n) is 0.833. The molecule has 0 aliphatic heterocycles. The molecule has 0 radical (unpaired) electrons. The van der Waals surface area contributed by atoms with Crippen molar-refractivity contribution in [2.24, 2.45) is 0 Å². The number of hydrogen-bond donors (Lipinski definition) is 1. The van der Waals surface area contributed by atoms with Crippen LogP contribution < -0.4 is 0 Å². The quantitative estimate of drug-likeness (QED) is 0.550. The minimum absolute atomic E-state index is 0.0747. The zero-order valence-corrected chi connectivity index (χ0v) is 4.98. The maximum atomic E-state index is 8.13. The molecule has 32 valence electrons. The monoisotopic (exact) mass is 140 g/mol. The third-order valence-electron chi connectivity index (χ3n) is 0.295. The van der Waals surface area contributed by atoms with Crippen LogP contribution in [0, 0.1) is 0 Å². The molecule has 0 unspecified atom stereocenters. The van der Waals surface area contributed by atoms with Gasteiger partial charge in [-0.3, -0.25) is 0 Å². The van der Waals surface area contributed by atoms with Crippen LogP contribution in [0.25, 0.3) is 0 Å². The summed E-state index contributed by atoms with van der Waals surface area (Å²) in [4.78, 5) is 0. The Morgan fingerprint density at radius 1 is 1.80 bits per heavy atom. The number of hydrogen-bond acceptors (Lipinski definition) is 1. The molecule has 0 atom stereocenters. The fourth-order valence-corrected chi connectivity index (χ4v) is 0.474. The molecule has 1 N–H and O–H groups in total. The maximum absolute atomic E-state index is 8.13. The van der Waals surface area contributed by atoms with Crippen LogP contribution in [-0.4, -0.2) is 19.5 Å². The molecular formula is C3H8OSe. The molecule has 0 aromatic carbocycles. The summed E-state index contributed by atoms with van der Waals surface area (Å²) in [5.41, 5.74) is 0. The Labute approximate surface area is 38.9 Å². The SMILES string of the molecule is CCC[Se]O. The predicted molar refractivity (Wildman–Crippen MR) is 23.1 cm³/mol. The summed E-state index contributed by atoms with van der Waals surface area (Å²) in [5, 5.41) is 1.01. The van der Waals surface area contributed by atoms with Gasteiger partial charge in [-0.1, -0.05) is 0 Å². The van der Waals surface area contributed by atoms with E-state index >= 15 is 0 Å². The Balaban J connectivity index is 2.19. The molecule has 2 heteroatoms. The van der Waals surface area contributed by atoms with Crippen molar-refractivity contribution in [1.29, 1.82) is 0 Å². The molecule has 0 saturated heterocycles. The Bertz CT molecular complexity index is 14.4. The molecule has 0 aromatic rings. The second-order valence-corrected chi connectivity index (χ2v) is 2.23. The predicted octanol–water partition coefficient (Wildman–Crippen LogP) is 0.426. The van der Waals surface area contributed by atoms with E-state index in [-0.39, 0.29) is 15.3 Å². The topological polar surface area (TPSA) is 20.2 Å². The third-order valence-corrected chi connectivity index (χ3v) is 1.54. The van der Waals surface area contributed by atoms with Crippen molar-refractivity contribution in [2.75, 3.05) is 0 Å². The van der Waals surface area contributed by atoms with Gasteiger partial charge in [0, 0.05) is 0 Å². The molecule has 0 saturated carbocycles. The molecule has 0 amide bonds. The first-order valence-corrected chi connectivity index (χ1v) is 3.66. The zero-order valence-electron chi connectivity index (χ0n) is 3.27. The fourth-order valence-electron chi connectivity index (χ4n) is 0.0913. The molecule has 0 aliphatic rings. The first kappa shape index (κ1) is 5.48. The summed E-state index contributed by atoms with van der Waals surface area (Å²) in [5.74, 6) is 0. The van der Waals surface area contributed by atoms with E-state index in [4.69, 9.17) is 4.19 Å². The zero-order chi connectivity index (χ0) is 4.12. The van der Waals surface area contributed by atoms with Crippen molar-refractivity contribution >= 4 is 15.3 Å². The van der Waals surface area contributed by atoms with Crippen molar-refractivity contribution in [2.45, 2.75) is 18.7 Å². The van der Waals surface area contributed by atoms with Crippen molar-refractivity contribution < 1.29 is 4.19 Å². The van der Waals surface area contributed by atoms with Crippen LogP contribution in [0.4, 0.5) is 0 Å². The molecule has 0 bridgehead atoms. The molecule has 0 aliphatic carbocycles. The normalized spacial score (nSPS) is 8.40. The average Bonchev–Trinajstić information content (AvgIpc) is 1.41. The summed E-state index contributed by atoms with van der Waals surface area (Å²) < 4.78 is 8.13. The van der Waals surface area contributed by atoms with Gasteiger partial charge in [0.25, 0.3) is 0 Å². The summed E-state index contributed by atoms with van der Waals surface area (Å²) in [7, 11) is 0. The molecule has 1 nitrogen and oxygen atoms in total. The van der Waals surface area contributed by atoms with E-state index in [1.807, 2.05) is 0 Å². The Morgan fingerprint density at radius 3 is 2.40 bits per heavy atom. The first-order valence-electron chi connectivity index (χ1n) is 1.68. The molecule has 0 fully saturated rings. The summed E-state index contributed by atoms with van der Waals surface area (Å²) in [6.45, 7) is 2.07. The van der Waals surface area contributed by atoms with Gasteiger partial charge in [-0.05, 0) is 0 Å². The summed E-state index contributed by atoms with van der Waals surface area (Å²) in [6, 6.07) is 0. The van der Waals surface area contributed by atoms with E-state index < -0.39 is 0 Å². The van der Waals surface area contributed by atoms with E-state index in [1.165, 1.54) is 0 Å². The van der Waals surface area contributed by atoms with Gasteiger partial charge >= 0.3 is 38.1 Å². The minimum atomic E-state index is -0.0747. The Hall–Kier alpha value is 0.479. The molecule has 0 rings (SSSR count). The summed E-state index contributed by atoms with van der Waals surface area (Å²) >= 11 is -0.0747. The molecule has 5 heavy (non-hydrogen) atoms. The van der Waals surface area contributed by atoms with Gasteiger partial charge in [0.2, 0.25) is 0 Å². The van der Waals surface area contributed by atoms with E-state index in [0.29, 0.717) is 0 Å². The van der Waals surface area contributed by atoms with E-state index in [1.54, 1.807) is 0 Å². The van der Waals surface area contributed by atoms with Gasteiger partial charge < -0.3 is 0 Å². The fraction of sp³-hybridized carbons (Fsp3) is 1.00. The van der Waals surface area contributed by atoms with Crippen LogP contribution in [0.3, 0.4) is 0 Å². The first-order chi connectivity index (χ1) is 2.41. The standard InChI is InChI=1S/C3H8OSe/c1-2-3-5-4/h4H,2-3H2,1H3. The van der Waals surface area contributed by atoms with Crippen LogP contribution in [0.5, 0.6) is 0 Å². The van der Waals surface area contributed by atoms with E-state index in [9.17, 15) is 0 Å². The van der Waals surface area contributed by atoms with Crippen LogP contribution in [-0.2, 0) is 0 Å². The number of rotatable bonds is 2. The van der Waals surface area contributed by atoms with E-state index in [2.05, 4.69) is 6.92 Å². The van der Waals surface area contributed by atoms with Gasteiger partial charge in [-0.25, -0.2) is 0 Å². The molecule has 0 spiro atoms. The van der Waals surface area contributed by atoms with E-state index in [0.717, 1.165) is 11.7 Å². The molecular weight excluding hydrogens is 131 g/mol. The van der Waals surface area contributed by atoms with Crippen LogP contribution >= 0.6 is 0 Å². The van der Waals surface area contributed by atoms with Gasteiger partial charge in [-0.15, -0.1) is 0 Å². The van der Waals surface area contributed by atoms with Gasteiger partial charge in [0.1, 0.15) is 0 Å². The van der Waals surface area contributed by atoms with Crippen molar-refractivity contribution in [3.63, 3.8) is 0 Å². The van der Waals surface area contributed by atoms with Crippen LogP contribution in [0.15, 0.2) is 0 Å². The average molecular weight is 139 g/mol. The second kappa shape index (κ2) is 4.48. The van der Waals surface area contributed by atoms with Gasteiger partial charge in [0.15, 0.2) is 0 Å². The summed E-state index contributed by atoms with van der Waals surface area (Å²) in [6.07, 6.45) is 1.12. The van der Waals surface area contributed by atoms with Crippen LogP contribution in [0.2, 0.25) is 5.32 Å². The molecule has 0 aromatic heterocycles. The van der Waals surface area contributed by atoms with Crippen molar-refractivity contribution in [1.82, 2.24) is 0 Å². The Kier molecular flexibility index (Phi) is 4.91. The molecule has 0 heterocycles. The van der Waals surface area contributed by atoms with Gasteiger partial charge in [0.05, 0.1) is 0 Å².